The van der Waals surface area contributed by atoms with E-state index < -0.39 is 0 Å². The number of hydrogen-bond acceptors (Lipinski definition) is 2. The molecule has 1 aromatic heterocycles. The number of hydrogen-bond donors (Lipinski definition) is 1. The van der Waals surface area contributed by atoms with Gasteiger partial charge in [-0.3, -0.25) is 4.98 Å². The first kappa shape index (κ1) is 10.5. The highest BCUT2D eigenvalue weighted by Crippen LogP contribution is 2.28. The summed E-state index contributed by atoms with van der Waals surface area (Å²) in [7, 11) is 0. The molecule has 17 heavy (non-hydrogen) atoms. The molecular formula is C15H16N2. The normalized spacial score (nSPS) is 18.8. The Bertz CT molecular complexity index is 520. The first-order chi connectivity index (χ1) is 8.34. The van der Waals surface area contributed by atoms with Crippen molar-refractivity contribution in [1.29, 1.82) is 0 Å². The van der Waals surface area contributed by atoms with Crippen molar-refractivity contribution in [1.82, 2.24) is 4.98 Å². The Kier molecular flexibility index (Phi) is 2.65. The Morgan fingerprint density at radius 1 is 1.06 bits per heavy atom. The molecule has 2 N–H and O–H groups in total. The van der Waals surface area contributed by atoms with E-state index in [0.717, 1.165) is 29.8 Å². The third-order valence-corrected chi connectivity index (χ3v) is 3.39. The molecule has 1 aromatic carbocycles. The molecule has 1 unspecified atom stereocenters. The molecule has 0 fully saturated rings. The van der Waals surface area contributed by atoms with Gasteiger partial charge in [0, 0.05) is 11.6 Å². The van der Waals surface area contributed by atoms with E-state index in [1.165, 1.54) is 12.0 Å². The van der Waals surface area contributed by atoms with Crippen LogP contribution in [-0.2, 0) is 6.42 Å². The summed E-state index contributed by atoms with van der Waals surface area (Å²) in [5.41, 5.74) is 10.7. The molecule has 86 valence electrons. The van der Waals surface area contributed by atoms with E-state index in [-0.39, 0.29) is 6.04 Å². The number of nitrogens with two attached hydrogens (primary N) is 1. The number of aryl methyl sites for hydroxylation is 1. The zero-order valence-electron chi connectivity index (χ0n) is 9.76. The van der Waals surface area contributed by atoms with Gasteiger partial charge in [-0.25, -0.2) is 0 Å². The second-order valence-electron chi connectivity index (χ2n) is 4.61. The highest BCUT2D eigenvalue weighted by Gasteiger charge is 2.18. The molecule has 0 spiro atoms. The Morgan fingerprint density at radius 2 is 1.88 bits per heavy atom. The smallest absolute Gasteiger partial charge is 0.0706 e. The lowest BCUT2D eigenvalue weighted by Crippen LogP contribution is -2.19. The van der Waals surface area contributed by atoms with E-state index in [4.69, 9.17) is 10.7 Å². The summed E-state index contributed by atoms with van der Waals surface area (Å²) in [6.07, 6.45) is 3.35. The molecule has 3 rings (SSSR count). The second-order valence-corrected chi connectivity index (χ2v) is 4.61. The van der Waals surface area contributed by atoms with Crippen molar-refractivity contribution < 1.29 is 0 Å². The molecule has 0 bridgehead atoms. The van der Waals surface area contributed by atoms with E-state index >= 15 is 0 Å². The fraction of sp³-hybridized carbons (Fsp3) is 0.267. The van der Waals surface area contributed by atoms with Crippen LogP contribution in [0.2, 0.25) is 0 Å². The average molecular weight is 224 g/mol. The molecular weight excluding hydrogens is 208 g/mol. The number of nitrogens with zero attached hydrogens (tertiary/aromatic N) is 1. The van der Waals surface area contributed by atoms with Crippen LogP contribution in [0.15, 0.2) is 42.5 Å². The molecule has 2 heteroatoms. The average Bonchev–Trinajstić information content (AvgIpc) is 2.40. The summed E-state index contributed by atoms with van der Waals surface area (Å²) in [5.74, 6) is 0. The highest BCUT2D eigenvalue weighted by atomic mass is 14.8. The predicted molar refractivity (Wildman–Crippen MR) is 69.5 cm³/mol. The number of pyridine rings is 1. The van der Waals surface area contributed by atoms with Crippen molar-refractivity contribution >= 4 is 0 Å². The van der Waals surface area contributed by atoms with Crippen molar-refractivity contribution in [2.75, 3.05) is 0 Å². The van der Waals surface area contributed by atoms with Gasteiger partial charge in [-0.05, 0) is 30.9 Å². The van der Waals surface area contributed by atoms with E-state index in [1.807, 2.05) is 18.2 Å². The molecule has 0 saturated carbocycles. The maximum Gasteiger partial charge on any atom is 0.0706 e. The van der Waals surface area contributed by atoms with Gasteiger partial charge in [0.05, 0.1) is 11.4 Å². The minimum Gasteiger partial charge on any atom is -0.323 e. The van der Waals surface area contributed by atoms with Gasteiger partial charge >= 0.3 is 0 Å². The van der Waals surface area contributed by atoms with Crippen LogP contribution >= 0.6 is 0 Å². The molecule has 0 radical (unpaired) electrons. The molecule has 2 aromatic rings. The van der Waals surface area contributed by atoms with E-state index in [9.17, 15) is 0 Å². The Morgan fingerprint density at radius 3 is 2.71 bits per heavy atom. The van der Waals surface area contributed by atoms with Gasteiger partial charge in [-0.2, -0.15) is 0 Å². The summed E-state index contributed by atoms with van der Waals surface area (Å²) in [4.78, 5) is 4.74. The Balaban J connectivity index is 2.06. The van der Waals surface area contributed by atoms with Crippen molar-refractivity contribution in [2.45, 2.75) is 25.3 Å². The summed E-state index contributed by atoms with van der Waals surface area (Å²) >= 11 is 0. The van der Waals surface area contributed by atoms with E-state index in [0.29, 0.717) is 0 Å². The predicted octanol–water partition coefficient (Wildman–Crippen LogP) is 3.08. The second kappa shape index (κ2) is 4.30. The van der Waals surface area contributed by atoms with Crippen LogP contribution in [0.25, 0.3) is 11.3 Å². The van der Waals surface area contributed by atoms with Crippen LogP contribution in [0.3, 0.4) is 0 Å². The molecule has 1 atom stereocenters. The molecule has 2 nitrogen and oxygen atoms in total. The minimum atomic E-state index is 0.113. The number of rotatable bonds is 1. The summed E-state index contributed by atoms with van der Waals surface area (Å²) in [5, 5.41) is 0. The SMILES string of the molecule is NC1CCCc2ccc(-c3ccccc3)nc21. The van der Waals surface area contributed by atoms with Gasteiger partial charge in [0.1, 0.15) is 0 Å². The lowest BCUT2D eigenvalue weighted by atomic mass is 9.92. The topological polar surface area (TPSA) is 38.9 Å². The monoisotopic (exact) mass is 224 g/mol. The first-order valence-electron chi connectivity index (χ1n) is 6.15. The zero-order valence-corrected chi connectivity index (χ0v) is 9.76. The summed E-state index contributed by atoms with van der Waals surface area (Å²) in [6, 6.07) is 14.7. The molecule has 1 heterocycles. The van der Waals surface area contributed by atoms with Crippen molar-refractivity contribution in [3.05, 3.63) is 53.7 Å². The lowest BCUT2D eigenvalue weighted by Gasteiger charge is -2.21. The van der Waals surface area contributed by atoms with Crippen LogP contribution in [0.5, 0.6) is 0 Å². The van der Waals surface area contributed by atoms with Crippen LogP contribution in [0, 0.1) is 0 Å². The summed E-state index contributed by atoms with van der Waals surface area (Å²) in [6.45, 7) is 0. The van der Waals surface area contributed by atoms with Crippen LogP contribution < -0.4 is 5.73 Å². The zero-order chi connectivity index (χ0) is 11.7. The maximum absolute atomic E-state index is 6.13. The molecule has 0 aliphatic heterocycles. The standard InChI is InChI=1S/C15H16N2/c16-13-8-4-7-12-9-10-14(17-15(12)13)11-5-2-1-3-6-11/h1-3,5-6,9-10,13H,4,7-8,16H2. The maximum atomic E-state index is 6.13. The van der Waals surface area contributed by atoms with E-state index in [1.54, 1.807) is 0 Å². The number of fused-ring (bicyclic) bond motifs is 1. The quantitative estimate of drug-likeness (QED) is 0.808. The van der Waals surface area contributed by atoms with Gasteiger partial charge in [0.2, 0.25) is 0 Å². The van der Waals surface area contributed by atoms with Gasteiger partial charge in [0.15, 0.2) is 0 Å². The Labute approximate surface area is 102 Å². The van der Waals surface area contributed by atoms with Gasteiger partial charge in [0.25, 0.3) is 0 Å². The minimum absolute atomic E-state index is 0.113. The third kappa shape index (κ3) is 1.96. The van der Waals surface area contributed by atoms with Crippen LogP contribution in [-0.4, -0.2) is 4.98 Å². The fourth-order valence-electron chi connectivity index (χ4n) is 2.46. The highest BCUT2D eigenvalue weighted by molar-refractivity contribution is 5.59. The molecule has 1 aliphatic carbocycles. The molecule has 0 saturated heterocycles. The largest absolute Gasteiger partial charge is 0.323 e. The Hall–Kier alpha value is -1.67. The van der Waals surface area contributed by atoms with Crippen molar-refractivity contribution in [2.24, 2.45) is 5.73 Å². The number of aromatic nitrogens is 1. The van der Waals surface area contributed by atoms with Gasteiger partial charge in [-0.1, -0.05) is 36.4 Å². The van der Waals surface area contributed by atoms with Gasteiger partial charge < -0.3 is 5.73 Å². The fourth-order valence-corrected chi connectivity index (χ4v) is 2.46. The van der Waals surface area contributed by atoms with Crippen molar-refractivity contribution in [3.63, 3.8) is 0 Å². The number of benzene rings is 1. The summed E-state index contributed by atoms with van der Waals surface area (Å²) < 4.78 is 0. The van der Waals surface area contributed by atoms with Crippen LogP contribution in [0.1, 0.15) is 30.1 Å². The van der Waals surface area contributed by atoms with Crippen molar-refractivity contribution in [3.8, 4) is 11.3 Å². The van der Waals surface area contributed by atoms with Crippen LogP contribution in [0.4, 0.5) is 0 Å². The van der Waals surface area contributed by atoms with E-state index in [2.05, 4.69) is 24.3 Å². The van der Waals surface area contributed by atoms with Gasteiger partial charge in [-0.15, -0.1) is 0 Å². The molecule has 1 aliphatic rings. The first-order valence-corrected chi connectivity index (χ1v) is 6.15. The third-order valence-electron chi connectivity index (χ3n) is 3.39. The lowest BCUT2D eigenvalue weighted by molar-refractivity contribution is 0.555. The molecule has 0 amide bonds.